The molecule has 19 heavy (non-hydrogen) atoms. The Balaban J connectivity index is 2.20. The van der Waals surface area contributed by atoms with Gasteiger partial charge >= 0.3 is 0 Å². The zero-order valence-electron chi connectivity index (χ0n) is 12.0. The number of rotatable bonds is 3. The van der Waals surface area contributed by atoms with Gasteiger partial charge in [0.2, 0.25) is 0 Å². The summed E-state index contributed by atoms with van der Waals surface area (Å²) in [6, 6.07) is 4.73. The van der Waals surface area contributed by atoms with Gasteiger partial charge in [0.1, 0.15) is 5.82 Å². The van der Waals surface area contributed by atoms with Crippen molar-refractivity contribution in [1.82, 2.24) is 4.90 Å². The molecule has 0 radical (unpaired) electrons. The standard InChI is InChI=1S/C16H24FNO/c1-3-9-18-10-4-7-16(19,8-11-18)15-12-14(17)6-5-13(15)2/h5-6,12,19H,3-4,7-11H2,1-2H3. The quantitative estimate of drug-likeness (QED) is 0.907. The summed E-state index contributed by atoms with van der Waals surface area (Å²) in [5.74, 6) is -0.260. The maximum Gasteiger partial charge on any atom is 0.123 e. The predicted octanol–water partition coefficient (Wildman–Crippen LogP) is 3.22. The Morgan fingerprint density at radius 3 is 2.84 bits per heavy atom. The van der Waals surface area contributed by atoms with Crippen LogP contribution in [0, 0.1) is 12.7 Å². The molecule has 0 spiro atoms. The largest absolute Gasteiger partial charge is 0.385 e. The first-order valence-corrected chi connectivity index (χ1v) is 7.26. The molecule has 3 heteroatoms. The molecule has 0 aromatic heterocycles. The average Bonchev–Trinajstić information content (AvgIpc) is 2.56. The summed E-state index contributed by atoms with van der Waals surface area (Å²) in [6.07, 6.45) is 3.51. The molecular weight excluding hydrogens is 241 g/mol. The minimum Gasteiger partial charge on any atom is -0.385 e. The van der Waals surface area contributed by atoms with Crippen molar-refractivity contribution in [3.63, 3.8) is 0 Å². The molecular formula is C16H24FNO. The van der Waals surface area contributed by atoms with Crippen LogP contribution in [0.25, 0.3) is 0 Å². The molecule has 1 unspecified atom stereocenters. The molecule has 0 aliphatic carbocycles. The molecule has 2 rings (SSSR count). The highest BCUT2D eigenvalue weighted by Gasteiger charge is 2.33. The smallest absolute Gasteiger partial charge is 0.123 e. The van der Waals surface area contributed by atoms with Crippen LogP contribution in [0.4, 0.5) is 4.39 Å². The van der Waals surface area contributed by atoms with Crippen LogP contribution in [0.5, 0.6) is 0 Å². The number of nitrogens with zero attached hydrogens (tertiary/aromatic N) is 1. The summed E-state index contributed by atoms with van der Waals surface area (Å²) < 4.78 is 13.4. The van der Waals surface area contributed by atoms with Crippen LogP contribution in [0.15, 0.2) is 18.2 Å². The molecule has 2 nitrogen and oxygen atoms in total. The maximum absolute atomic E-state index is 13.4. The minimum absolute atomic E-state index is 0.260. The predicted molar refractivity (Wildman–Crippen MR) is 75.6 cm³/mol. The lowest BCUT2D eigenvalue weighted by molar-refractivity contribution is 0.0203. The van der Waals surface area contributed by atoms with Crippen LogP contribution in [0.3, 0.4) is 0 Å². The summed E-state index contributed by atoms with van der Waals surface area (Å²) in [5.41, 5.74) is 0.882. The lowest BCUT2D eigenvalue weighted by Crippen LogP contribution is -2.30. The van der Waals surface area contributed by atoms with E-state index in [0.717, 1.165) is 50.0 Å². The Labute approximate surface area is 115 Å². The molecule has 1 aliphatic rings. The van der Waals surface area contributed by atoms with Gasteiger partial charge in [-0.05, 0) is 69.0 Å². The number of benzene rings is 1. The highest BCUT2D eigenvalue weighted by Crippen LogP contribution is 2.35. The second kappa shape index (κ2) is 6.02. The van der Waals surface area contributed by atoms with E-state index in [4.69, 9.17) is 0 Å². The number of likely N-dealkylation sites (tertiary alicyclic amines) is 1. The van der Waals surface area contributed by atoms with Crippen molar-refractivity contribution in [2.45, 2.75) is 45.1 Å². The van der Waals surface area contributed by atoms with Gasteiger partial charge in [0, 0.05) is 6.54 Å². The lowest BCUT2D eigenvalue weighted by Gasteiger charge is -2.29. The number of halogens is 1. The Morgan fingerprint density at radius 2 is 2.11 bits per heavy atom. The molecule has 1 saturated heterocycles. The third kappa shape index (κ3) is 3.34. The van der Waals surface area contributed by atoms with E-state index in [1.807, 2.05) is 6.92 Å². The SMILES string of the molecule is CCCN1CCCC(O)(c2cc(F)ccc2C)CC1. The lowest BCUT2D eigenvalue weighted by atomic mass is 9.84. The molecule has 0 bridgehead atoms. The van der Waals surface area contributed by atoms with Crippen molar-refractivity contribution in [1.29, 1.82) is 0 Å². The molecule has 1 atom stereocenters. The van der Waals surface area contributed by atoms with E-state index < -0.39 is 5.60 Å². The zero-order chi connectivity index (χ0) is 13.9. The molecule has 0 amide bonds. The molecule has 1 aromatic rings. The van der Waals surface area contributed by atoms with Gasteiger partial charge in [-0.1, -0.05) is 13.0 Å². The van der Waals surface area contributed by atoms with Crippen LogP contribution in [0.2, 0.25) is 0 Å². The highest BCUT2D eigenvalue weighted by atomic mass is 19.1. The van der Waals surface area contributed by atoms with E-state index >= 15 is 0 Å². The van der Waals surface area contributed by atoms with Gasteiger partial charge in [0.25, 0.3) is 0 Å². The second-order valence-corrected chi connectivity index (χ2v) is 5.69. The summed E-state index contributed by atoms with van der Waals surface area (Å²) in [6.45, 7) is 7.12. The van der Waals surface area contributed by atoms with Crippen LogP contribution >= 0.6 is 0 Å². The Hall–Kier alpha value is -0.930. The van der Waals surface area contributed by atoms with Crippen LogP contribution in [-0.4, -0.2) is 29.6 Å². The number of hydrogen-bond donors (Lipinski definition) is 1. The van der Waals surface area contributed by atoms with Gasteiger partial charge < -0.3 is 10.0 Å². The van der Waals surface area contributed by atoms with Gasteiger partial charge in [0.05, 0.1) is 5.60 Å². The van der Waals surface area contributed by atoms with E-state index in [1.54, 1.807) is 6.07 Å². The van der Waals surface area contributed by atoms with E-state index in [9.17, 15) is 9.50 Å². The summed E-state index contributed by atoms with van der Waals surface area (Å²) in [5, 5.41) is 10.9. The Morgan fingerprint density at radius 1 is 1.32 bits per heavy atom. The van der Waals surface area contributed by atoms with Crippen molar-refractivity contribution in [3.05, 3.63) is 35.1 Å². The molecule has 0 saturated carbocycles. The van der Waals surface area contributed by atoms with Crippen LogP contribution in [0.1, 0.15) is 43.7 Å². The molecule has 1 fully saturated rings. The van der Waals surface area contributed by atoms with Crippen molar-refractivity contribution < 1.29 is 9.50 Å². The highest BCUT2D eigenvalue weighted by molar-refractivity contribution is 5.32. The van der Waals surface area contributed by atoms with E-state index in [-0.39, 0.29) is 5.82 Å². The monoisotopic (exact) mass is 265 g/mol. The molecule has 1 aromatic carbocycles. The van der Waals surface area contributed by atoms with E-state index in [1.165, 1.54) is 12.1 Å². The number of hydrogen-bond acceptors (Lipinski definition) is 2. The zero-order valence-corrected chi connectivity index (χ0v) is 12.0. The average molecular weight is 265 g/mol. The van der Waals surface area contributed by atoms with Gasteiger partial charge in [-0.25, -0.2) is 4.39 Å². The first-order chi connectivity index (χ1) is 9.05. The topological polar surface area (TPSA) is 23.5 Å². The molecule has 1 aliphatic heterocycles. The van der Waals surface area contributed by atoms with E-state index in [0.29, 0.717) is 6.42 Å². The van der Waals surface area contributed by atoms with E-state index in [2.05, 4.69) is 11.8 Å². The third-order valence-corrected chi connectivity index (χ3v) is 4.15. The summed E-state index contributed by atoms with van der Waals surface area (Å²) in [7, 11) is 0. The fourth-order valence-corrected chi connectivity index (χ4v) is 3.08. The van der Waals surface area contributed by atoms with Gasteiger partial charge in [-0.2, -0.15) is 0 Å². The normalized spacial score (nSPS) is 25.3. The van der Waals surface area contributed by atoms with Gasteiger partial charge in [-0.3, -0.25) is 0 Å². The van der Waals surface area contributed by atoms with Gasteiger partial charge in [0.15, 0.2) is 0 Å². The maximum atomic E-state index is 13.4. The first-order valence-electron chi connectivity index (χ1n) is 7.26. The fourth-order valence-electron chi connectivity index (χ4n) is 3.08. The van der Waals surface area contributed by atoms with Crippen molar-refractivity contribution in [2.24, 2.45) is 0 Å². The number of aliphatic hydroxyl groups is 1. The van der Waals surface area contributed by atoms with Crippen LogP contribution in [-0.2, 0) is 5.60 Å². The van der Waals surface area contributed by atoms with Crippen molar-refractivity contribution >= 4 is 0 Å². The summed E-state index contributed by atoms with van der Waals surface area (Å²) in [4.78, 5) is 2.40. The van der Waals surface area contributed by atoms with Crippen molar-refractivity contribution in [2.75, 3.05) is 19.6 Å². The Bertz CT molecular complexity index is 435. The summed E-state index contributed by atoms with van der Waals surface area (Å²) >= 11 is 0. The molecule has 1 N–H and O–H groups in total. The number of aryl methyl sites for hydroxylation is 1. The second-order valence-electron chi connectivity index (χ2n) is 5.69. The molecule has 1 heterocycles. The third-order valence-electron chi connectivity index (χ3n) is 4.15. The minimum atomic E-state index is -0.866. The van der Waals surface area contributed by atoms with Crippen molar-refractivity contribution in [3.8, 4) is 0 Å². The fraction of sp³-hybridized carbons (Fsp3) is 0.625. The van der Waals surface area contributed by atoms with Crippen LogP contribution < -0.4 is 0 Å². The Kier molecular flexibility index (Phi) is 4.58. The first kappa shape index (κ1) is 14.5. The van der Waals surface area contributed by atoms with Gasteiger partial charge in [-0.15, -0.1) is 0 Å². The molecule has 106 valence electrons.